The number of fused-ring (bicyclic) bond motifs is 1. The Kier molecular flexibility index (Phi) is 2.40. The Balaban J connectivity index is 2.92. The van der Waals surface area contributed by atoms with Crippen molar-refractivity contribution in [3.8, 4) is 6.07 Å². The van der Waals surface area contributed by atoms with Crippen molar-refractivity contribution in [2.45, 2.75) is 0 Å². The van der Waals surface area contributed by atoms with E-state index in [0.717, 1.165) is 15.4 Å². The molecule has 1 aromatic carbocycles. The van der Waals surface area contributed by atoms with Crippen molar-refractivity contribution in [2.24, 2.45) is 0 Å². The number of nitriles is 1. The predicted octanol–water partition coefficient (Wildman–Crippen LogP) is 3.52. The van der Waals surface area contributed by atoms with Gasteiger partial charge in [0.05, 0.1) is 16.1 Å². The van der Waals surface area contributed by atoms with Crippen molar-refractivity contribution in [3.05, 3.63) is 39.5 Å². The van der Waals surface area contributed by atoms with Crippen molar-refractivity contribution in [3.63, 3.8) is 0 Å². The molecule has 14 heavy (non-hydrogen) atoms. The molecule has 2 rings (SSSR count). The van der Waals surface area contributed by atoms with Crippen LogP contribution in [0.3, 0.4) is 0 Å². The number of hydrogen-bond donors (Lipinski definition) is 0. The third-order valence-corrected chi connectivity index (χ3v) is 2.95. The van der Waals surface area contributed by atoms with Crippen molar-refractivity contribution >= 4 is 38.4 Å². The van der Waals surface area contributed by atoms with E-state index in [1.807, 2.05) is 24.3 Å². The van der Waals surface area contributed by atoms with E-state index in [-0.39, 0.29) is 0 Å². The van der Waals surface area contributed by atoms with Crippen LogP contribution < -0.4 is 0 Å². The van der Waals surface area contributed by atoms with Gasteiger partial charge in [0.1, 0.15) is 6.07 Å². The van der Waals surface area contributed by atoms with E-state index in [1.54, 1.807) is 0 Å². The minimum Gasteiger partial charge on any atom is -0.254 e. The molecule has 0 N–H and O–H groups in total. The summed E-state index contributed by atoms with van der Waals surface area (Å²) in [5.41, 5.74) is 1.17. The second-order valence-corrected chi connectivity index (χ2v) is 3.97. The summed E-state index contributed by atoms with van der Waals surface area (Å²) in [4.78, 5) is 4.16. The molecule has 0 radical (unpaired) electrons. The first kappa shape index (κ1) is 9.45. The third kappa shape index (κ3) is 1.37. The number of halogens is 2. The zero-order valence-electron chi connectivity index (χ0n) is 6.96. The summed E-state index contributed by atoms with van der Waals surface area (Å²) in [6.07, 6.45) is 1.48. The van der Waals surface area contributed by atoms with Gasteiger partial charge in [-0.2, -0.15) is 5.26 Å². The summed E-state index contributed by atoms with van der Waals surface area (Å²) < 4.78 is 0.876. The molecule has 0 atom stereocenters. The first-order valence-corrected chi connectivity index (χ1v) is 5.04. The van der Waals surface area contributed by atoms with E-state index in [9.17, 15) is 0 Å². The van der Waals surface area contributed by atoms with Gasteiger partial charge in [-0.15, -0.1) is 0 Å². The van der Waals surface area contributed by atoms with Crippen molar-refractivity contribution in [2.75, 3.05) is 0 Å². The highest BCUT2D eigenvalue weighted by Gasteiger charge is 2.07. The molecule has 2 aromatic rings. The lowest BCUT2D eigenvalue weighted by Crippen LogP contribution is -1.85. The van der Waals surface area contributed by atoms with Crippen LogP contribution in [0.25, 0.3) is 10.9 Å². The van der Waals surface area contributed by atoms with Crippen LogP contribution in [0.15, 0.2) is 28.9 Å². The van der Waals surface area contributed by atoms with Gasteiger partial charge in [0, 0.05) is 16.1 Å². The maximum absolute atomic E-state index is 8.76. The van der Waals surface area contributed by atoms with E-state index in [1.165, 1.54) is 6.20 Å². The molecule has 68 valence electrons. The lowest BCUT2D eigenvalue weighted by atomic mass is 10.2. The van der Waals surface area contributed by atoms with Crippen LogP contribution in [0.5, 0.6) is 0 Å². The minimum atomic E-state index is 0.400. The molecular weight excluding hydrogens is 263 g/mol. The van der Waals surface area contributed by atoms with Crippen molar-refractivity contribution in [1.82, 2.24) is 4.98 Å². The maximum atomic E-state index is 8.76. The van der Waals surface area contributed by atoms with Gasteiger partial charge < -0.3 is 0 Å². The number of rotatable bonds is 0. The van der Waals surface area contributed by atoms with Gasteiger partial charge >= 0.3 is 0 Å². The van der Waals surface area contributed by atoms with Crippen LogP contribution in [0.2, 0.25) is 5.02 Å². The summed E-state index contributed by atoms with van der Waals surface area (Å²) in [6, 6.07) is 7.59. The molecule has 0 saturated heterocycles. The summed E-state index contributed by atoms with van der Waals surface area (Å²) in [6.45, 7) is 0. The van der Waals surface area contributed by atoms with Crippen LogP contribution in [0.4, 0.5) is 0 Å². The summed E-state index contributed by atoms with van der Waals surface area (Å²) in [5.74, 6) is 0. The van der Waals surface area contributed by atoms with Gasteiger partial charge in [0.2, 0.25) is 0 Å². The lowest BCUT2D eigenvalue weighted by Gasteiger charge is -2.02. The van der Waals surface area contributed by atoms with Crippen LogP contribution in [0.1, 0.15) is 5.56 Å². The molecule has 0 aliphatic carbocycles. The van der Waals surface area contributed by atoms with Gasteiger partial charge in [-0.3, -0.25) is 4.98 Å². The standard InChI is InChI=1S/C10H4BrClN2/c11-8-3-1-2-7-9(12)6(4-13)5-14-10(7)8/h1-3,5H. The first-order valence-electron chi connectivity index (χ1n) is 3.87. The molecule has 0 bridgehead atoms. The number of para-hydroxylation sites is 1. The average Bonchev–Trinajstić information content (AvgIpc) is 2.20. The number of benzene rings is 1. The Morgan fingerprint density at radius 3 is 2.93 bits per heavy atom. The van der Waals surface area contributed by atoms with Crippen molar-refractivity contribution < 1.29 is 0 Å². The smallest absolute Gasteiger partial charge is 0.102 e. The number of hydrogen-bond acceptors (Lipinski definition) is 2. The topological polar surface area (TPSA) is 36.7 Å². The zero-order valence-corrected chi connectivity index (χ0v) is 9.30. The van der Waals surface area contributed by atoms with Gasteiger partial charge in [-0.1, -0.05) is 23.7 Å². The maximum Gasteiger partial charge on any atom is 0.102 e. The summed E-state index contributed by atoms with van der Waals surface area (Å²) >= 11 is 9.40. The minimum absolute atomic E-state index is 0.400. The molecule has 2 nitrogen and oxygen atoms in total. The van der Waals surface area contributed by atoms with E-state index in [4.69, 9.17) is 16.9 Å². The molecule has 0 saturated carbocycles. The van der Waals surface area contributed by atoms with Crippen LogP contribution in [-0.4, -0.2) is 4.98 Å². The van der Waals surface area contributed by atoms with Gasteiger partial charge in [-0.25, -0.2) is 0 Å². The Morgan fingerprint density at radius 1 is 1.43 bits per heavy atom. The van der Waals surface area contributed by atoms with Gasteiger partial charge in [0.15, 0.2) is 0 Å². The largest absolute Gasteiger partial charge is 0.254 e. The summed E-state index contributed by atoms with van der Waals surface area (Å²) in [7, 11) is 0. The van der Waals surface area contributed by atoms with Crippen LogP contribution >= 0.6 is 27.5 Å². The molecule has 1 heterocycles. The monoisotopic (exact) mass is 266 g/mol. The van der Waals surface area contributed by atoms with E-state index >= 15 is 0 Å². The Labute approximate surface area is 94.3 Å². The molecule has 0 fully saturated rings. The molecule has 0 amide bonds. The average molecular weight is 268 g/mol. The molecule has 0 unspecified atom stereocenters. The highest BCUT2D eigenvalue weighted by molar-refractivity contribution is 9.10. The zero-order chi connectivity index (χ0) is 10.1. The molecule has 1 aromatic heterocycles. The quantitative estimate of drug-likeness (QED) is 0.732. The van der Waals surface area contributed by atoms with E-state index in [2.05, 4.69) is 20.9 Å². The highest BCUT2D eigenvalue weighted by Crippen LogP contribution is 2.29. The Hall–Kier alpha value is -1.11. The van der Waals surface area contributed by atoms with Crippen LogP contribution in [-0.2, 0) is 0 Å². The summed E-state index contributed by atoms with van der Waals surface area (Å²) in [5, 5.41) is 10.0. The Morgan fingerprint density at radius 2 is 2.21 bits per heavy atom. The fraction of sp³-hybridized carbons (Fsp3) is 0. The first-order chi connectivity index (χ1) is 6.74. The second-order valence-electron chi connectivity index (χ2n) is 2.73. The molecule has 0 aliphatic heterocycles. The SMILES string of the molecule is N#Cc1cnc2c(Br)cccc2c1Cl. The van der Waals surface area contributed by atoms with Crippen LogP contribution in [0, 0.1) is 11.3 Å². The second kappa shape index (κ2) is 3.56. The number of nitrogens with zero attached hydrogens (tertiary/aromatic N) is 2. The number of aromatic nitrogens is 1. The predicted molar refractivity (Wildman–Crippen MR) is 59.2 cm³/mol. The normalized spacial score (nSPS) is 10.1. The van der Waals surface area contributed by atoms with E-state index in [0.29, 0.717) is 10.6 Å². The fourth-order valence-corrected chi connectivity index (χ4v) is 1.94. The fourth-order valence-electron chi connectivity index (χ4n) is 1.23. The van der Waals surface area contributed by atoms with Crippen molar-refractivity contribution in [1.29, 1.82) is 5.26 Å². The Bertz CT molecular complexity index is 546. The van der Waals surface area contributed by atoms with E-state index < -0.39 is 0 Å². The molecule has 0 aliphatic rings. The number of pyridine rings is 1. The lowest BCUT2D eigenvalue weighted by molar-refractivity contribution is 1.36. The van der Waals surface area contributed by atoms with Gasteiger partial charge in [-0.05, 0) is 22.0 Å². The highest BCUT2D eigenvalue weighted by atomic mass is 79.9. The molecular formula is C10H4BrClN2. The molecule has 0 spiro atoms. The van der Waals surface area contributed by atoms with Gasteiger partial charge in [0.25, 0.3) is 0 Å². The molecule has 4 heteroatoms. The third-order valence-electron chi connectivity index (χ3n) is 1.90.